The summed E-state index contributed by atoms with van der Waals surface area (Å²) in [4.78, 5) is 23.8. The molecule has 8 heteroatoms. The number of hydrogen-bond donors (Lipinski definition) is 0. The van der Waals surface area contributed by atoms with E-state index >= 15 is 0 Å². The van der Waals surface area contributed by atoms with E-state index in [1.807, 2.05) is 4.90 Å². The lowest BCUT2D eigenvalue weighted by molar-refractivity contribution is -0.118. The van der Waals surface area contributed by atoms with E-state index in [0.29, 0.717) is 13.0 Å². The molecule has 32 heavy (non-hydrogen) atoms. The van der Waals surface area contributed by atoms with Crippen LogP contribution in [0.3, 0.4) is 0 Å². The van der Waals surface area contributed by atoms with Gasteiger partial charge in [-0.3, -0.25) is 14.6 Å². The van der Waals surface area contributed by atoms with Crippen LogP contribution in [0.25, 0.3) is 10.2 Å². The Bertz CT molecular complexity index is 1070. The van der Waals surface area contributed by atoms with Gasteiger partial charge in [-0.1, -0.05) is 41.2 Å². The van der Waals surface area contributed by atoms with Crippen LogP contribution in [0.1, 0.15) is 16.7 Å². The minimum Gasteiger partial charge on any atom is -0.379 e. The highest BCUT2D eigenvalue weighted by Crippen LogP contribution is 2.34. The Balaban J connectivity index is 0.00000289. The van der Waals surface area contributed by atoms with Crippen LogP contribution in [0.15, 0.2) is 41.3 Å². The number of morpholine rings is 1. The first-order valence-electron chi connectivity index (χ1n) is 10.7. The molecule has 4 rings (SSSR count). The van der Waals surface area contributed by atoms with E-state index in [1.54, 1.807) is 23.1 Å². The largest absolute Gasteiger partial charge is 0.379 e. The number of fused-ring (bicyclic) bond motifs is 1. The molecule has 1 aliphatic rings. The second kappa shape index (κ2) is 11.5. The molecule has 0 spiro atoms. The molecular formula is C24H30ClN3O2S2. The normalized spacial score (nSPS) is 14.3. The maximum atomic E-state index is 13.5. The molecule has 1 aliphatic heterocycles. The van der Waals surface area contributed by atoms with Gasteiger partial charge in [0.2, 0.25) is 5.91 Å². The summed E-state index contributed by atoms with van der Waals surface area (Å²) in [5.74, 6) is 0.102. The number of amides is 1. The predicted molar refractivity (Wildman–Crippen MR) is 138 cm³/mol. The number of nitrogens with zero attached hydrogens (tertiary/aromatic N) is 3. The number of benzene rings is 2. The van der Waals surface area contributed by atoms with Crippen LogP contribution in [0, 0.1) is 13.8 Å². The molecule has 1 amide bonds. The topological polar surface area (TPSA) is 45.7 Å². The van der Waals surface area contributed by atoms with Gasteiger partial charge in [-0.15, -0.1) is 24.2 Å². The zero-order valence-electron chi connectivity index (χ0n) is 18.8. The average molecular weight is 492 g/mol. The molecule has 2 aromatic carbocycles. The van der Waals surface area contributed by atoms with Crippen molar-refractivity contribution in [1.29, 1.82) is 0 Å². The zero-order valence-corrected chi connectivity index (χ0v) is 21.2. The number of aryl methyl sites for hydroxylation is 2. The summed E-state index contributed by atoms with van der Waals surface area (Å²) in [5, 5.41) is 0.791. The highest BCUT2D eigenvalue weighted by Gasteiger charge is 2.23. The number of para-hydroxylation sites is 1. The zero-order chi connectivity index (χ0) is 21.8. The van der Waals surface area contributed by atoms with Gasteiger partial charge in [-0.25, -0.2) is 4.98 Å². The number of carbonyl (C=O) groups excluding carboxylic acids is 1. The van der Waals surface area contributed by atoms with Crippen molar-refractivity contribution in [3.63, 3.8) is 0 Å². The van der Waals surface area contributed by atoms with Crippen LogP contribution in [0.5, 0.6) is 0 Å². The maximum absolute atomic E-state index is 13.5. The molecular weight excluding hydrogens is 462 g/mol. The van der Waals surface area contributed by atoms with E-state index in [4.69, 9.17) is 9.72 Å². The molecule has 0 radical (unpaired) electrons. The van der Waals surface area contributed by atoms with Crippen molar-refractivity contribution in [1.82, 2.24) is 9.88 Å². The van der Waals surface area contributed by atoms with Crippen LogP contribution < -0.4 is 4.90 Å². The van der Waals surface area contributed by atoms with Crippen molar-refractivity contribution in [2.45, 2.75) is 25.2 Å². The first kappa shape index (κ1) is 25.0. The van der Waals surface area contributed by atoms with Crippen LogP contribution >= 0.6 is 35.5 Å². The van der Waals surface area contributed by atoms with Crippen LogP contribution in [-0.2, 0) is 16.0 Å². The smallest absolute Gasteiger partial charge is 0.233 e. The van der Waals surface area contributed by atoms with Gasteiger partial charge in [0.05, 0.1) is 29.9 Å². The summed E-state index contributed by atoms with van der Waals surface area (Å²) in [6, 6.07) is 12.5. The summed E-state index contributed by atoms with van der Waals surface area (Å²) in [6.07, 6.45) is 2.45. The van der Waals surface area contributed by atoms with Crippen molar-refractivity contribution in [2.24, 2.45) is 0 Å². The molecule has 5 nitrogen and oxygen atoms in total. The predicted octanol–water partition coefficient (Wildman–Crippen LogP) is 4.96. The lowest BCUT2D eigenvalue weighted by Gasteiger charge is -2.29. The quantitative estimate of drug-likeness (QED) is 0.437. The lowest BCUT2D eigenvalue weighted by atomic mass is 10.0. The van der Waals surface area contributed by atoms with Gasteiger partial charge in [0.25, 0.3) is 0 Å². The first-order chi connectivity index (χ1) is 15.0. The third-order valence-electron chi connectivity index (χ3n) is 5.71. The number of thiazole rings is 1. The Kier molecular flexibility index (Phi) is 8.96. The van der Waals surface area contributed by atoms with Gasteiger partial charge in [0, 0.05) is 31.1 Å². The lowest BCUT2D eigenvalue weighted by Crippen LogP contribution is -2.43. The Labute approximate surface area is 204 Å². The molecule has 0 unspecified atom stereocenters. The molecule has 2 heterocycles. The number of halogens is 1. The summed E-state index contributed by atoms with van der Waals surface area (Å²) >= 11 is 3.30. The number of anilines is 1. The Hall–Kier alpha value is -1.64. The fraction of sp³-hybridized carbons (Fsp3) is 0.417. The van der Waals surface area contributed by atoms with E-state index in [1.165, 1.54) is 5.56 Å². The standard InChI is InChI=1S/C24H29N3O2S2.ClH/c1-17-7-8-19(18(2)15-17)16-22(28)27(10-9-26-11-13-29-14-12-26)24-25-23-20(30-3)5-4-6-21(23)31-24;/h4-8,15H,9-14,16H2,1-3H3;1H. The Morgan fingerprint density at radius 2 is 2.00 bits per heavy atom. The SMILES string of the molecule is CSc1cccc2sc(N(CCN3CCOCC3)C(=O)Cc3ccc(C)cc3C)nc12.Cl. The Morgan fingerprint density at radius 3 is 2.72 bits per heavy atom. The maximum Gasteiger partial charge on any atom is 0.233 e. The molecule has 0 bridgehead atoms. The van der Waals surface area contributed by atoms with Crippen LogP contribution in [-0.4, -0.2) is 61.4 Å². The minimum absolute atomic E-state index is 0. The number of aromatic nitrogens is 1. The van der Waals surface area contributed by atoms with Gasteiger partial charge < -0.3 is 4.74 Å². The summed E-state index contributed by atoms with van der Waals surface area (Å²) in [7, 11) is 0. The Morgan fingerprint density at radius 1 is 1.22 bits per heavy atom. The highest BCUT2D eigenvalue weighted by atomic mass is 35.5. The second-order valence-corrected chi connectivity index (χ2v) is 9.77. The molecule has 172 valence electrons. The van der Waals surface area contributed by atoms with E-state index in [2.05, 4.69) is 61.4 Å². The van der Waals surface area contributed by atoms with E-state index in [9.17, 15) is 4.79 Å². The van der Waals surface area contributed by atoms with Crippen molar-refractivity contribution in [2.75, 3.05) is 50.5 Å². The molecule has 0 atom stereocenters. The summed E-state index contributed by atoms with van der Waals surface area (Å²) < 4.78 is 6.59. The van der Waals surface area contributed by atoms with Gasteiger partial charge in [0.1, 0.15) is 0 Å². The van der Waals surface area contributed by atoms with Crippen LogP contribution in [0.2, 0.25) is 0 Å². The van der Waals surface area contributed by atoms with Gasteiger partial charge in [0.15, 0.2) is 5.13 Å². The van der Waals surface area contributed by atoms with E-state index in [0.717, 1.165) is 64.2 Å². The molecule has 1 aromatic heterocycles. The number of carbonyl (C=O) groups is 1. The van der Waals surface area contributed by atoms with E-state index in [-0.39, 0.29) is 18.3 Å². The molecule has 1 fully saturated rings. The van der Waals surface area contributed by atoms with Crippen molar-refractivity contribution in [3.8, 4) is 0 Å². The molecule has 0 saturated carbocycles. The molecule has 3 aromatic rings. The van der Waals surface area contributed by atoms with Crippen molar-refractivity contribution < 1.29 is 9.53 Å². The van der Waals surface area contributed by atoms with Crippen molar-refractivity contribution in [3.05, 3.63) is 53.1 Å². The monoisotopic (exact) mass is 491 g/mol. The summed E-state index contributed by atoms with van der Waals surface area (Å²) in [6.45, 7) is 8.97. The molecule has 1 saturated heterocycles. The molecule has 0 N–H and O–H groups in total. The summed E-state index contributed by atoms with van der Waals surface area (Å²) in [5.41, 5.74) is 4.45. The minimum atomic E-state index is 0. The average Bonchev–Trinajstić information content (AvgIpc) is 3.20. The number of hydrogen-bond acceptors (Lipinski definition) is 6. The molecule has 0 aliphatic carbocycles. The fourth-order valence-corrected chi connectivity index (χ4v) is 5.55. The van der Waals surface area contributed by atoms with Gasteiger partial charge in [-0.05, 0) is 43.4 Å². The fourth-order valence-electron chi connectivity index (χ4n) is 3.89. The number of rotatable bonds is 7. The highest BCUT2D eigenvalue weighted by molar-refractivity contribution is 7.98. The second-order valence-electron chi connectivity index (χ2n) is 7.91. The van der Waals surface area contributed by atoms with Crippen molar-refractivity contribution >= 4 is 56.8 Å². The van der Waals surface area contributed by atoms with Crippen LogP contribution in [0.4, 0.5) is 5.13 Å². The third-order valence-corrected chi connectivity index (χ3v) is 7.52. The van der Waals surface area contributed by atoms with E-state index < -0.39 is 0 Å². The third kappa shape index (κ3) is 5.83. The number of ether oxygens (including phenoxy) is 1. The first-order valence-corrected chi connectivity index (χ1v) is 12.7. The van der Waals surface area contributed by atoms with Gasteiger partial charge >= 0.3 is 0 Å². The van der Waals surface area contributed by atoms with Gasteiger partial charge in [-0.2, -0.15) is 0 Å². The number of thioether (sulfide) groups is 1.